The summed E-state index contributed by atoms with van der Waals surface area (Å²) in [6, 6.07) is 8.25. The fraction of sp³-hybridized carbons (Fsp3) is 0.400. The van der Waals surface area contributed by atoms with E-state index in [4.69, 9.17) is 5.73 Å². The van der Waals surface area contributed by atoms with Crippen LogP contribution in [0.2, 0.25) is 0 Å². The molecule has 0 atom stereocenters. The average molecular weight is 382 g/mol. The third-order valence-corrected chi connectivity index (χ3v) is 5.22. The molecule has 1 aliphatic rings. The van der Waals surface area contributed by atoms with Crippen molar-refractivity contribution in [1.29, 1.82) is 0 Å². The van der Waals surface area contributed by atoms with Crippen LogP contribution in [-0.2, 0) is 24.8 Å². The summed E-state index contributed by atoms with van der Waals surface area (Å²) in [5.41, 5.74) is 8.14. The average Bonchev–Trinajstić information content (AvgIpc) is 3.36. The quantitative estimate of drug-likeness (QED) is 0.709. The number of nitrogens with zero attached hydrogens (tertiary/aromatic N) is 5. The minimum Gasteiger partial charge on any atom is -0.368 e. The van der Waals surface area contributed by atoms with Gasteiger partial charge >= 0.3 is 0 Å². The van der Waals surface area contributed by atoms with Gasteiger partial charge in [-0.15, -0.1) is 0 Å². The Bertz CT molecular complexity index is 985. The second-order valence-corrected chi connectivity index (χ2v) is 7.34. The standard InChI is InChI=1S/C20H23FN6O/c1-26-17(14-4-2-3-5-14)11-16(24-26)20-23-19(25-27(20)12-18(22)28)10-13-6-8-15(21)9-7-13/h6-9,11,14H,2-5,10,12H2,1H3,(H2,22,28). The van der Waals surface area contributed by atoms with Gasteiger partial charge in [0.25, 0.3) is 0 Å². The zero-order valence-electron chi connectivity index (χ0n) is 15.8. The molecule has 0 spiro atoms. The Morgan fingerprint density at radius 2 is 1.93 bits per heavy atom. The third-order valence-electron chi connectivity index (χ3n) is 5.22. The first kappa shape index (κ1) is 18.3. The number of aryl methyl sites for hydroxylation is 1. The number of carbonyl (C=O) groups is 1. The largest absolute Gasteiger partial charge is 0.368 e. The van der Waals surface area contributed by atoms with Gasteiger partial charge in [-0.05, 0) is 36.6 Å². The number of benzene rings is 1. The Hall–Kier alpha value is -3.03. The molecule has 3 aromatic rings. The lowest BCUT2D eigenvalue weighted by molar-refractivity contribution is -0.118. The number of rotatable bonds is 6. The molecule has 1 aliphatic carbocycles. The zero-order chi connectivity index (χ0) is 19.7. The smallest absolute Gasteiger partial charge is 0.239 e. The van der Waals surface area contributed by atoms with Gasteiger partial charge in [-0.25, -0.2) is 14.1 Å². The van der Waals surface area contributed by atoms with Gasteiger partial charge in [-0.3, -0.25) is 9.48 Å². The van der Waals surface area contributed by atoms with Crippen LogP contribution in [0.3, 0.4) is 0 Å². The molecule has 2 N–H and O–H groups in total. The van der Waals surface area contributed by atoms with Gasteiger partial charge < -0.3 is 5.73 Å². The predicted octanol–water partition coefficient (Wildman–Crippen LogP) is 2.55. The van der Waals surface area contributed by atoms with Crippen LogP contribution in [0.1, 0.15) is 48.7 Å². The first-order valence-corrected chi connectivity index (χ1v) is 9.50. The number of primary amides is 1. The summed E-state index contributed by atoms with van der Waals surface area (Å²) in [7, 11) is 1.94. The van der Waals surface area contributed by atoms with Gasteiger partial charge in [0.05, 0.1) is 0 Å². The zero-order valence-corrected chi connectivity index (χ0v) is 15.8. The van der Waals surface area contributed by atoms with Crippen molar-refractivity contribution in [2.45, 2.75) is 44.6 Å². The van der Waals surface area contributed by atoms with E-state index < -0.39 is 5.91 Å². The maximum atomic E-state index is 13.1. The fourth-order valence-corrected chi connectivity index (χ4v) is 3.89. The van der Waals surface area contributed by atoms with E-state index in [-0.39, 0.29) is 12.4 Å². The number of amides is 1. The van der Waals surface area contributed by atoms with Crippen LogP contribution in [0.15, 0.2) is 30.3 Å². The molecule has 0 saturated heterocycles. The molecular weight excluding hydrogens is 359 g/mol. The van der Waals surface area contributed by atoms with Crippen molar-refractivity contribution < 1.29 is 9.18 Å². The van der Waals surface area contributed by atoms with Gasteiger partial charge in [-0.1, -0.05) is 25.0 Å². The van der Waals surface area contributed by atoms with E-state index in [0.717, 1.165) is 5.56 Å². The lowest BCUT2D eigenvalue weighted by Crippen LogP contribution is -2.20. The maximum Gasteiger partial charge on any atom is 0.239 e. The molecular formula is C20H23FN6O. The monoisotopic (exact) mass is 382 g/mol. The molecule has 1 fully saturated rings. The fourth-order valence-electron chi connectivity index (χ4n) is 3.89. The lowest BCUT2D eigenvalue weighted by Gasteiger charge is -2.07. The number of halogens is 1. The summed E-state index contributed by atoms with van der Waals surface area (Å²) in [5.74, 6) is 0.792. The van der Waals surface area contributed by atoms with Gasteiger partial charge in [0.2, 0.25) is 5.91 Å². The molecule has 8 heteroatoms. The molecule has 4 rings (SSSR count). The highest BCUT2D eigenvalue weighted by Crippen LogP contribution is 2.35. The van der Waals surface area contributed by atoms with E-state index in [0.29, 0.717) is 29.7 Å². The maximum absolute atomic E-state index is 13.1. The van der Waals surface area contributed by atoms with Crippen molar-refractivity contribution in [2.24, 2.45) is 12.8 Å². The normalized spacial score (nSPS) is 14.6. The summed E-state index contributed by atoms with van der Waals surface area (Å²) in [6.07, 6.45) is 5.25. The summed E-state index contributed by atoms with van der Waals surface area (Å²) < 4.78 is 16.5. The van der Waals surface area contributed by atoms with Gasteiger partial charge in [0, 0.05) is 25.1 Å². The van der Waals surface area contributed by atoms with E-state index >= 15 is 0 Å². The van der Waals surface area contributed by atoms with Crippen LogP contribution in [0.25, 0.3) is 11.5 Å². The second-order valence-electron chi connectivity index (χ2n) is 7.34. The van der Waals surface area contributed by atoms with Gasteiger partial charge in [0.15, 0.2) is 11.6 Å². The van der Waals surface area contributed by atoms with Crippen molar-refractivity contribution in [1.82, 2.24) is 24.5 Å². The van der Waals surface area contributed by atoms with Crippen LogP contribution in [0.5, 0.6) is 0 Å². The number of nitrogens with two attached hydrogens (primary N) is 1. The van der Waals surface area contributed by atoms with Gasteiger partial charge in [0.1, 0.15) is 18.1 Å². The van der Waals surface area contributed by atoms with Crippen molar-refractivity contribution >= 4 is 5.91 Å². The highest BCUT2D eigenvalue weighted by atomic mass is 19.1. The number of carbonyl (C=O) groups excluding carboxylic acids is 1. The van der Waals surface area contributed by atoms with Crippen molar-refractivity contribution in [3.05, 3.63) is 53.2 Å². The number of hydrogen-bond acceptors (Lipinski definition) is 4. The Labute approximate surface area is 162 Å². The molecule has 0 radical (unpaired) electrons. The summed E-state index contributed by atoms with van der Waals surface area (Å²) in [6.45, 7) is -0.0684. The molecule has 2 heterocycles. The SMILES string of the molecule is Cn1nc(-c2nc(Cc3ccc(F)cc3)nn2CC(N)=O)cc1C1CCCC1. The van der Waals surface area contributed by atoms with Crippen molar-refractivity contribution in [3.8, 4) is 11.5 Å². The Morgan fingerprint density at radius 3 is 2.61 bits per heavy atom. The molecule has 7 nitrogen and oxygen atoms in total. The van der Waals surface area contributed by atoms with Crippen molar-refractivity contribution in [3.63, 3.8) is 0 Å². The van der Waals surface area contributed by atoms with Crippen LogP contribution in [-0.4, -0.2) is 30.5 Å². The van der Waals surface area contributed by atoms with E-state index in [2.05, 4.69) is 15.2 Å². The first-order chi connectivity index (χ1) is 13.5. The van der Waals surface area contributed by atoms with Crippen LogP contribution >= 0.6 is 0 Å². The van der Waals surface area contributed by atoms with E-state index in [1.807, 2.05) is 17.8 Å². The second kappa shape index (κ2) is 7.53. The highest BCUT2D eigenvalue weighted by Gasteiger charge is 2.23. The highest BCUT2D eigenvalue weighted by molar-refractivity contribution is 5.74. The van der Waals surface area contributed by atoms with Crippen LogP contribution < -0.4 is 5.73 Å². The molecule has 146 valence electrons. The summed E-state index contributed by atoms with van der Waals surface area (Å²) in [4.78, 5) is 16.1. The lowest BCUT2D eigenvalue weighted by atomic mass is 10.0. The molecule has 1 amide bonds. The Morgan fingerprint density at radius 1 is 1.21 bits per heavy atom. The van der Waals surface area contributed by atoms with E-state index in [1.165, 1.54) is 48.2 Å². The van der Waals surface area contributed by atoms with Crippen LogP contribution in [0.4, 0.5) is 4.39 Å². The summed E-state index contributed by atoms with van der Waals surface area (Å²) in [5, 5.41) is 9.06. The minimum atomic E-state index is -0.494. The Balaban J connectivity index is 1.67. The van der Waals surface area contributed by atoms with Crippen molar-refractivity contribution in [2.75, 3.05) is 0 Å². The van der Waals surface area contributed by atoms with E-state index in [1.54, 1.807) is 12.1 Å². The topological polar surface area (TPSA) is 91.6 Å². The molecule has 2 aromatic heterocycles. The first-order valence-electron chi connectivity index (χ1n) is 9.50. The molecule has 0 aliphatic heterocycles. The molecule has 28 heavy (non-hydrogen) atoms. The van der Waals surface area contributed by atoms with Crippen LogP contribution in [0, 0.1) is 5.82 Å². The Kier molecular flexibility index (Phi) is 4.93. The molecule has 1 aromatic carbocycles. The molecule has 0 unspecified atom stereocenters. The summed E-state index contributed by atoms with van der Waals surface area (Å²) >= 11 is 0. The van der Waals surface area contributed by atoms with E-state index in [9.17, 15) is 9.18 Å². The molecule has 1 saturated carbocycles. The number of aromatic nitrogens is 5. The number of hydrogen-bond donors (Lipinski definition) is 1. The predicted molar refractivity (Wildman–Crippen MR) is 102 cm³/mol. The van der Waals surface area contributed by atoms with Gasteiger partial charge in [-0.2, -0.15) is 10.2 Å². The molecule has 0 bridgehead atoms. The minimum absolute atomic E-state index is 0.0684. The third kappa shape index (κ3) is 3.81.